The van der Waals surface area contributed by atoms with Crippen LogP contribution >= 0.6 is 0 Å². The minimum absolute atomic E-state index is 0.0575. The van der Waals surface area contributed by atoms with E-state index in [0.717, 1.165) is 31.5 Å². The number of benzene rings is 2. The summed E-state index contributed by atoms with van der Waals surface area (Å²) in [4.78, 5) is 38.2. The molecule has 0 atom stereocenters. The first-order chi connectivity index (χ1) is 14.0. The number of hydrogen-bond acceptors (Lipinski definition) is 4. The van der Waals surface area contributed by atoms with Crippen LogP contribution in [0.15, 0.2) is 42.5 Å². The molecule has 2 amide bonds. The van der Waals surface area contributed by atoms with E-state index in [1.807, 2.05) is 29.2 Å². The third kappa shape index (κ3) is 5.22. The summed E-state index contributed by atoms with van der Waals surface area (Å²) in [5.41, 5.74) is 2.81. The SMILES string of the molecule is COc1ccc(C(C)=O)cc1CC(=O)NCc1ccc(C(=O)N2CCCC2)cc1. The van der Waals surface area contributed by atoms with Gasteiger partial charge in [0.15, 0.2) is 5.78 Å². The Balaban J connectivity index is 1.57. The minimum atomic E-state index is -0.166. The molecule has 1 fully saturated rings. The molecule has 0 radical (unpaired) electrons. The summed E-state index contributed by atoms with van der Waals surface area (Å²) in [6, 6.07) is 12.4. The summed E-state index contributed by atoms with van der Waals surface area (Å²) in [7, 11) is 1.54. The van der Waals surface area contributed by atoms with Gasteiger partial charge in [0, 0.05) is 36.3 Å². The number of nitrogens with zero attached hydrogens (tertiary/aromatic N) is 1. The van der Waals surface area contributed by atoms with Crippen LogP contribution in [0.3, 0.4) is 0 Å². The number of ketones is 1. The Morgan fingerprint density at radius 2 is 1.66 bits per heavy atom. The van der Waals surface area contributed by atoms with Crippen LogP contribution in [-0.4, -0.2) is 42.7 Å². The van der Waals surface area contributed by atoms with Gasteiger partial charge in [0.05, 0.1) is 13.5 Å². The Hall–Kier alpha value is -3.15. The van der Waals surface area contributed by atoms with Gasteiger partial charge < -0.3 is 15.0 Å². The van der Waals surface area contributed by atoms with Crippen LogP contribution in [-0.2, 0) is 17.8 Å². The van der Waals surface area contributed by atoms with Crippen molar-refractivity contribution >= 4 is 17.6 Å². The highest BCUT2D eigenvalue weighted by Crippen LogP contribution is 2.21. The van der Waals surface area contributed by atoms with Crippen LogP contribution in [0.25, 0.3) is 0 Å². The van der Waals surface area contributed by atoms with Crippen LogP contribution < -0.4 is 10.1 Å². The van der Waals surface area contributed by atoms with E-state index in [-0.39, 0.29) is 24.0 Å². The van der Waals surface area contributed by atoms with Gasteiger partial charge in [0.2, 0.25) is 5.91 Å². The van der Waals surface area contributed by atoms with Crippen molar-refractivity contribution in [1.29, 1.82) is 0 Å². The number of likely N-dealkylation sites (tertiary alicyclic amines) is 1. The number of rotatable bonds is 7. The molecule has 0 spiro atoms. The standard InChI is InChI=1S/C23H26N2O4/c1-16(26)19-9-10-21(29-2)20(13-19)14-22(27)24-15-17-5-7-18(8-6-17)23(28)25-11-3-4-12-25/h5-10,13H,3-4,11-12,14-15H2,1-2H3,(H,24,27). The summed E-state index contributed by atoms with van der Waals surface area (Å²) in [6.45, 7) is 3.51. The van der Waals surface area contributed by atoms with Crippen molar-refractivity contribution in [3.05, 3.63) is 64.7 Å². The molecular weight excluding hydrogens is 368 g/mol. The van der Waals surface area contributed by atoms with Crippen LogP contribution in [0.5, 0.6) is 5.75 Å². The number of carbonyl (C=O) groups is 3. The first kappa shape index (κ1) is 20.6. The lowest BCUT2D eigenvalue weighted by Gasteiger charge is -2.15. The molecule has 0 unspecified atom stereocenters. The molecule has 3 rings (SSSR count). The molecule has 0 saturated carbocycles. The quantitative estimate of drug-likeness (QED) is 0.733. The Morgan fingerprint density at radius 3 is 2.28 bits per heavy atom. The average molecular weight is 394 g/mol. The molecule has 1 saturated heterocycles. The van der Waals surface area contributed by atoms with Crippen molar-refractivity contribution in [2.24, 2.45) is 0 Å². The van der Waals surface area contributed by atoms with Gasteiger partial charge in [0.25, 0.3) is 5.91 Å². The zero-order chi connectivity index (χ0) is 20.8. The fourth-order valence-electron chi connectivity index (χ4n) is 3.44. The first-order valence-corrected chi connectivity index (χ1v) is 9.80. The highest BCUT2D eigenvalue weighted by atomic mass is 16.5. The van der Waals surface area contributed by atoms with E-state index >= 15 is 0 Å². The Morgan fingerprint density at radius 1 is 1.00 bits per heavy atom. The molecule has 0 aliphatic carbocycles. The summed E-state index contributed by atoms with van der Waals surface area (Å²) < 4.78 is 5.29. The number of hydrogen-bond donors (Lipinski definition) is 1. The summed E-state index contributed by atoms with van der Waals surface area (Å²) in [5.74, 6) is 0.421. The van der Waals surface area contributed by atoms with Crippen molar-refractivity contribution in [3.63, 3.8) is 0 Å². The highest BCUT2D eigenvalue weighted by Gasteiger charge is 2.19. The van der Waals surface area contributed by atoms with Gasteiger partial charge >= 0.3 is 0 Å². The molecule has 1 N–H and O–H groups in total. The van der Waals surface area contributed by atoms with Gasteiger partial charge in [-0.2, -0.15) is 0 Å². The lowest BCUT2D eigenvalue weighted by atomic mass is 10.0. The number of nitrogens with one attached hydrogen (secondary N) is 1. The van der Waals surface area contributed by atoms with Gasteiger partial charge in [-0.15, -0.1) is 0 Å². The van der Waals surface area contributed by atoms with Crippen molar-refractivity contribution in [1.82, 2.24) is 10.2 Å². The second kappa shape index (κ2) is 9.37. The molecule has 0 bridgehead atoms. The third-order valence-electron chi connectivity index (χ3n) is 5.12. The fraction of sp³-hybridized carbons (Fsp3) is 0.348. The lowest BCUT2D eigenvalue weighted by Crippen LogP contribution is -2.27. The molecule has 6 nitrogen and oxygen atoms in total. The van der Waals surface area contributed by atoms with E-state index in [4.69, 9.17) is 4.74 Å². The Kier molecular flexibility index (Phi) is 6.65. The van der Waals surface area contributed by atoms with E-state index in [1.54, 1.807) is 18.2 Å². The molecular formula is C23H26N2O4. The topological polar surface area (TPSA) is 75.7 Å². The summed E-state index contributed by atoms with van der Waals surface area (Å²) in [5, 5.41) is 2.88. The largest absolute Gasteiger partial charge is 0.496 e. The molecule has 1 heterocycles. The van der Waals surface area contributed by atoms with Gasteiger partial charge in [-0.05, 0) is 55.7 Å². The third-order valence-corrected chi connectivity index (χ3v) is 5.12. The van der Waals surface area contributed by atoms with Crippen LogP contribution in [0.1, 0.15) is 51.6 Å². The van der Waals surface area contributed by atoms with E-state index in [0.29, 0.717) is 29.0 Å². The monoisotopic (exact) mass is 394 g/mol. The zero-order valence-electron chi connectivity index (χ0n) is 16.9. The zero-order valence-corrected chi connectivity index (χ0v) is 16.9. The van der Waals surface area contributed by atoms with Crippen molar-refractivity contribution < 1.29 is 19.1 Å². The van der Waals surface area contributed by atoms with Crippen LogP contribution in [0.4, 0.5) is 0 Å². The van der Waals surface area contributed by atoms with Crippen molar-refractivity contribution in [3.8, 4) is 5.75 Å². The van der Waals surface area contributed by atoms with Crippen molar-refractivity contribution in [2.75, 3.05) is 20.2 Å². The predicted octanol–water partition coefficient (Wildman–Crippen LogP) is 2.99. The van der Waals surface area contributed by atoms with Gasteiger partial charge in [0.1, 0.15) is 5.75 Å². The predicted molar refractivity (Wildman–Crippen MR) is 110 cm³/mol. The molecule has 6 heteroatoms. The normalized spacial score (nSPS) is 13.2. The second-order valence-corrected chi connectivity index (χ2v) is 7.23. The van der Waals surface area contributed by atoms with Crippen molar-refractivity contribution in [2.45, 2.75) is 32.7 Å². The van der Waals surface area contributed by atoms with Gasteiger partial charge in [-0.1, -0.05) is 12.1 Å². The Bertz CT molecular complexity index is 900. The average Bonchev–Trinajstić information content (AvgIpc) is 3.27. The number of carbonyl (C=O) groups excluding carboxylic acids is 3. The van der Waals surface area contributed by atoms with Crippen LogP contribution in [0, 0.1) is 0 Å². The summed E-state index contributed by atoms with van der Waals surface area (Å²) >= 11 is 0. The van der Waals surface area contributed by atoms with E-state index < -0.39 is 0 Å². The molecule has 2 aromatic rings. The first-order valence-electron chi connectivity index (χ1n) is 9.80. The lowest BCUT2D eigenvalue weighted by molar-refractivity contribution is -0.120. The molecule has 29 heavy (non-hydrogen) atoms. The highest BCUT2D eigenvalue weighted by molar-refractivity contribution is 5.95. The van der Waals surface area contributed by atoms with E-state index in [2.05, 4.69) is 5.32 Å². The molecule has 152 valence electrons. The minimum Gasteiger partial charge on any atom is -0.496 e. The number of ether oxygens (including phenoxy) is 1. The number of amides is 2. The van der Waals surface area contributed by atoms with Gasteiger partial charge in [-0.25, -0.2) is 0 Å². The Labute approximate surface area is 170 Å². The van der Waals surface area contributed by atoms with Crippen LogP contribution in [0.2, 0.25) is 0 Å². The molecule has 2 aromatic carbocycles. The number of Topliss-reactive ketones (excluding diaryl/α,β-unsaturated/α-hetero) is 1. The second-order valence-electron chi connectivity index (χ2n) is 7.23. The maximum absolute atomic E-state index is 12.4. The molecule has 1 aliphatic heterocycles. The molecule has 1 aliphatic rings. The maximum Gasteiger partial charge on any atom is 0.253 e. The number of methoxy groups -OCH3 is 1. The fourth-order valence-corrected chi connectivity index (χ4v) is 3.44. The van der Waals surface area contributed by atoms with Gasteiger partial charge in [-0.3, -0.25) is 14.4 Å². The van der Waals surface area contributed by atoms with E-state index in [9.17, 15) is 14.4 Å². The van der Waals surface area contributed by atoms with E-state index in [1.165, 1.54) is 14.0 Å². The summed E-state index contributed by atoms with van der Waals surface area (Å²) in [6.07, 6.45) is 2.25. The molecule has 0 aromatic heterocycles. The smallest absolute Gasteiger partial charge is 0.253 e. The maximum atomic E-state index is 12.4.